The maximum atomic E-state index is 13.2. The van der Waals surface area contributed by atoms with E-state index in [4.69, 9.17) is 9.97 Å². The van der Waals surface area contributed by atoms with E-state index in [0.29, 0.717) is 6.04 Å². The van der Waals surface area contributed by atoms with Crippen LogP contribution in [0.5, 0.6) is 0 Å². The van der Waals surface area contributed by atoms with Crippen LogP contribution in [-0.2, 0) is 0 Å². The first-order valence-electron chi connectivity index (χ1n) is 10.5. The summed E-state index contributed by atoms with van der Waals surface area (Å²) in [5.41, 5.74) is 2.11. The van der Waals surface area contributed by atoms with Crippen molar-refractivity contribution in [1.29, 1.82) is 0 Å². The second-order valence-electron chi connectivity index (χ2n) is 7.87. The molecular formula is C22H30FN5. The van der Waals surface area contributed by atoms with Crippen molar-refractivity contribution in [2.45, 2.75) is 45.6 Å². The van der Waals surface area contributed by atoms with E-state index in [1.807, 2.05) is 12.1 Å². The zero-order valence-corrected chi connectivity index (χ0v) is 16.9. The predicted octanol–water partition coefficient (Wildman–Crippen LogP) is 4.02. The van der Waals surface area contributed by atoms with Gasteiger partial charge in [0.15, 0.2) is 0 Å². The summed E-state index contributed by atoms with van der Waals surface area (Å²) in [6.45, 7) is 9.01. The fourth-order valence-corrected chi connectivity index (χ4v) is 4.36. The highest BCUT2D eigenvalue weighted by atomic mass is 19.1. The summed E-state index contributed by atoms with van der Waals surface area (Å²) < 4.78 is 13.2. The molecule has 0 N–H and O–H groups in total. The number of halogens is 1. The van der Waals surface area contributed by atoms with Crippen molar-refractivity contribution >= 4 is 17.5 Å². The van der Waals surface area contributed by atoms with Gasteiger partial charge in [0, 0.05) is 56.2 Å². The van der Waals surface area contributed by atoms with Gasteiger partial charge in [-0.15, -0.1) is 0 Å². The molecule has 0 spiro atoms. The second kappa shape index (κ2) is 8.33. The van der Waals surface area contributed by atoms with Gasteiger partial charge in [0.1, 0.15) is 11.6 Å². The molecule has 1 atom stereocenters. The van der Waals surface area contributed by atoms with E-state index in [9.17, 15) is 4.39 Å². The van der Waals surface area contributed by atoms with Crippen molar-refractivity contribution in [3.8, 4) is 0 Å². The van der Waals surface area contributed by atoms with E-state index in [2.05, 4.69) is 34.6 Å². The lowest BCUT2D eigenvalue weighted by Crippen LogP contribution is -2.47. The Hall–Kier alpha value is -2.37. The fraction of sp³-hybridized carbons (Fsp3) is 0.545. The molecule has 3 heterocycles. The van der Waals surface area contributed by atoms with Crippen molar-refractivity contribution in [1.82, 2.24) is 9.97 Å². The van der Waals surface area contributed by atoms with Gasteiger partial charge < -0.3 is 14.7 Å². The lowest BCUT2D eigenvalue weighted by Gasteiger charge is -2.38. The molecule has 2 fully saturated rings. The van der Waals surface area contributed by atoms with E-state index < -0.39 is 0 Å². The van der Waals surface area contributed by atoms with Crippen molar-refractivity contribution in [2.75, 3.05) is 47.4 Å². The SMILES string of the molecule is CCC1CCCCN1c1nc(C)cc(N2CCN(c3ccc(F)cc3)CC2)n1. The van der Waals surface area contributed by atoms with E-state index in [1.54, 1.807) is 0 Å². The molecule has 2 aliphatic rings. The van der Waals surface area contributed by atoms with E-state index in [0.717, 1.165) is 62.3 Å². The molecule has 4 rings (SSSR count). The number of rotatable bonds is 4. The molecule has 6 heteroatoms. The molecule has 0 amide bonds. The minimum Gasteiger partial charge on any atom is -0.368 e. The third-order valence-corrected chi connectivity index (χ3v) is 5.98. The second-order valence-corrected chi connectivity index (χ2v) is 7.87. The molecule has 2 aliphatic heterocycles. The predicted molar refractivity (Wildman–Crippen MR) is 113 cm³/mol. The molecule has 0 aliphatic carbocycles. The molecule has 1 aromatic heterocycles. The highest BCUT2D eigenvalue weighted by Crippen LogP contribution is 2.27. The highest BCUT2D eigenvalue weighted by Gasteiger charge is 2.25. The average Bonchev–Trinajstić information content (AvgIpc) is 2.74. The topological polar surface area (TPSA) is 35.5 Å². The number of aryl methyl sites for hydroxylation is 1. The highest BCUT2D eigenvalue weighted by molar-refractivity contribution is 5.51. The van der Waals surface area contributed by atoms with Crippen LogP contribution in [-0.4, -0.2) is 48.7 Å². The minimum absolute atomic E-state index is 0.186. The third kappa shape index (κ3) is 4.05. The van der Waals surface area contributed by atoms with Crippen LogP contribution in [0.15, 0.2) is 30.3 Å². The van der Waals surface area contributed by atoms with Crippen LogP contribution in [0.25, 0.3) is 0 Å². The number of hydrogen-bond acceptors (Lipinski definition) is 5. The van der Waals surface area contributed by atoms with Gasteiger partial charge in [-0.2, -0.15) is 4.98 Å². The Morgan fingerprint density at radius 3 is 2.39 bits per heavy atom. The summed E-state index contributed by atoms with van der Waals surface area (Å²) in [7, 11) is 0. The van der Waals surface area contributed by atoms with Crippen LogP contribution in [0.2, 0.25) is 0 Å². The molecule has 0 radical (unpaired) electrons. The third-order valence-electron chi connectivity index (χ3n) is 5.98. The van der Waals surface area contributed by atoms with Crippen molar-refractivity contribution in [2.24, 2.45) is 0 Å². The first-order valence-corrected chi connectivity index (χ1v) is 10.5. The largest absolute Gasteiger partial charge is 0.368 e. The van der Waals surface area contributed by atoms with Gasteiger partial charge in [-0.05, 0) is 56.9 Å². The molecule has 150 valence electrons. The number of piperazine rings is 1. The van der Waals surface area contributed by atoms with Gasteiger partial charge in [-0.25, -0.2) is 9.37 Å². The monoisotopic (exact) mass is 383 g/mol. The lowest BCUT2D eigenvalue weighted by atomic mass is 10.0. The number of anilines is 3. The molecule has 1 aromatic carbocycles. The summed E-state index contributed by atoms with van der Waals surface area (Å²) >= 11 is 0. The summed E-state index contributed by atoms with van der Waals surface area (Å²) in [6.07, 6.45) is 4.90. The molecule has 0 saturated carbocycles. The average molecular weight is 384 g/mol. The van der Waals surface area contributed by atoms with Crippen molar-refractivity contribution in [3.05, 3.63) is 41.8 Å². The van der Waals surface area contributed by atoms with Gasteiger partial charge in [0.2, 0.25) is 5.95 Å². The van der Waals surface area contributed by atoms with Crippen LogP contribution < -0.4 is 14.7 Å². The van der Waals surface area contributed by atoms with Gasteiger partial charge in [-0.3, -0.25) is 0 Å². The van der Waals surface area contributed by atoms with Crippen LogP contribution >= 0.6 is 0 Å². The van der Waals surface area contributed by atoms with Crippen molar-refractivity contribution < 1.29 is 4.39 Å². The Kier molecular flexibility index (Phi) is 5.64. The van der Waals surface area contributed by atoms with E-state index in [1.165, 1.54) is 31.4 Å². The first-order chi connectivity index (χ1) is 13.6. The Balaban J connectivity index is 1.47. The van der Waals surface area contributed by atoms with Gasteiger partial charge in [0.25, 0.3) is 0 Å². The smallest absolute Gasteiger partial charge is 0.227 e. The maximum absolute atomic E-state index is 13.2. The summed E-state index contributed by atoms with van der Waals surface area (Å²) in [5, 5.41) is 0. The summed E-state index contributed by atoms with van der Waals surface area (Å²) in [5.74, 6) is 1.73. The van der Waals surface area contributed by atoms with Gasteiger partial charge in [0.05, 0.1) is 0 Å². The molecular weight excluding hydrogens is 353 g/mol. The van der Waals surface area contributed by atoms with E-state index in [-0.39, 0.29) is 5.82 Å². The number of benzene rings is 1. The zero-order chi connectivity index (χ0) is 19.5. The Morgan fingerprint density at radius 2 is 1.68 bits per heavy atom. The standard InChI is InChI=1S/C22H30FN5/c1-3-19-6-4-5-11-28(19)22-24-17(2)16-21(25-22)27-14-12-26(13-15-27)20-9-7-18(23)8-10-20/h7-10,16,19H,3-6,11-15H2,1-2H3. The minimum atomic E-state index is -0.186. The summed E-state index contributed by atoms with van der Waals surface area (Å²) in [6, 6.07) is 9.44. The normalized spacial score (nSPS) is 20.5. The van der Waals surface area contributed by atoms with Crippen LogP contribution in [0.1, 0.15) is 38.3 Å². The summed E-state index contributed by atoms with van der Waals surface area (Å²) in [4.78, 5) is 16.8. The van der Waals surface area contributed by atoms with Gasteiger partial charge >= 0.3 is 0 Å². The zero-order valence-electron chi connectivity index (χ0n) is 16.9. The van der Waals surface area contributed by atoms with Crippen molar-refractivity contribution in [3.63, 3.8) is 0 Å². The fourth-order valence-electron chi connectivity index (χ4n) is 4.36. The molecule has 0 bridgehead atoms. The molecule has 2 saturated heterocycles. The quantitative estimate of drug-likeness (QED) is 0.797. The molecule has 1 unspecified atom stereocenters. The lowest BCUT2D eigenvalue weighted by molar-refractivity contribution is 0.443. The number of aromatic nitrogens is 2. The van der Waals surface area contributed by atoms with Crippen LogP contribution in [0, 0.1) is 12.7 Å². The Bertz CT molecular complexity index is 786. The number of nitrogens with zero attached hydrogens (tertiary/aromatic N) is 5. The van der Waals surface area contributed by atoms with Gasteiger partial charge in [-0.1, -0.05) is 6.92 Å². The number of piperidine rings is 1. The maximum Gasteiger partial charge on any atom is 0.227 e. The molecule has 28 heavy (non-hydrogen) atoms. The molecule has 2 aromatic rings. The Morgan fingerprint density at radius 1 is 0.964 bits per heavy atom. The van der Waals surface area contributed by atoms with Crippen LogP contribution in [0.4, 0.5) is 21.8 Å². The molecule has 5 nitrogen and oxygen atoms in total. The Labute approximate surface area is 167 Å². The number of hydrogen-bond donors (Lipinski definition) is 0. The first kappa shape index (κ1) is 19.0. The van der Waals surface area contributed by atoms with Crippen LogP contribution in [0.3, 0.4) is 0 Å². The van der Waals surface area contributed by atoms with E-state index >= 15 is 0 Å².